The summed E-state index contributed by atoms with van der Waals surface area (Å²) in [5, 5.41) is 0. The van der Waals surface area contributed by atoms with E-state index in [2.05, 4.69) is 9.72 Å². The summed E-state index contributed by atoms with van der Waals surface area (Å²) in [6.07, 6.45) is -8.33. The average molecular weight is 280 g/mol. The Bertz CT molecular complexity index is 408. The van der Waals surface area contributed by atoms with E-state index in [1.807, 2.05) is 0 Å². The van der Waals surface area contributed by atoms with Crippen molar-refractivity contribution in [3.05, 3.63) is 23.3 Å². The number of hydrogen-bond donors (Lipinski definition) is 0. The van der Waals surface area contributed by atoms with Gasteiger partial charge in [0.05, 0.1) is 11.6 Å². The highest BCUT2D eigenvalue weighted by Gasteiger charge is 2.33. The predicted molar refractivity (Wildman–Crippen MR) is 45.4 cm³/mol. The van der Waals surface area contributed by atoms with Crippen LogP contribution in [0.1, 0.15) is 17.8 Å². The van der Waals surface area contributed by atoms with Gasteiger partial charge in [0.2, 0.25) is 0 Å². The van der Waals surface area contributed by atoms with Crippen LogP contribution in [0.15, 0.2) is 6.07 Å². The van der Waals surface area contributed by atoms with E-state index >= 15 is 0 Å². The fourth-order valence-electron chi connectivity index (χ4n) is 0.988. The maximum Gasteiger partial charge on any atom is 0.573 e. The molecule has 1 aromatic heterocycles. The molecule has 1 heterocycles. The van der Waals surface area contributed by atoms with Gasteiger partial charge in [0.1, 0.15) is 5.69 Å². The third-order valence-electron chi connectivity index (χ3n) is 1.60. The first-order chi connectivity index (χ1) is 7.74. The van der Waals surface area contributed by atoms with E-state index < -0.39 is 41.6 Å². The van der Waals surface area contributed by atoms with Gasteiger partial charge in [-0.15, -0.1) is 24.8 Å². The molecule has 0 fully saturated rings. The van der Waals surface area contributed by atoms with Crippen molar-refractivity contribution < 1.29 is 31.1 Å². The van der Waals surface area contributed by atoms with Crippen molar-refractivity contribution in [3.8, 4) is 5.75 Å². The molecule has 2 nitrogen and oxygen atoms in total. The molecule has 0 saturated carbocycles. The molecule has 9 heteroatoms. The lowest BCUT2D eigenvalue weighted by molar-refractivity contribution is -0.275. The highest BCUT2D eigenvalue weighted by molar-refractivity contribution is 6.17. The summed E-state index contributed by atoms with van der Waals surface area (Å²) in [4.78, 5) is 2.99. The van der Waals surface area contributed by atoms with E-state index in [0.717, 1.165) is 0 Å². The second kappa shape index (κ2) is 4.99. The molecule has 1 aromatic rings. The number of nitrogens with zero attached hydrogens (tertiary/aromatic N) is 1. The SMILES string of the molecule is Fc1cc(OC(F)(F)F)c(CCl)nc1C(F)F. The Labute approximate surface area is 96.2 Å². The maximum atomic E-state index is 13.0. The van der Waals surface area contributed by atoms with Gasteiger partial charge in [-0.05, 0) is 0 Å². The van der Waals surface area contributed by atoms with Crippen molar-refractivity contribution in [2.24, 2.45) is 0 Å². The van der Waals surface area contributed by atoms with E-state index in [-0.39, 0.29) is 6.07 Å². The molecule has 0 amide bonds. The number of ether oxygens (including phenoxy) is 1. The summed E-state index contributed by atoms with van der Waals surface area (Å²) in [5.41, 5.74) is -1.88. The average Bonchev–Trinajstić information content (AvgIpc) is 2.14. The fraction of sp³-hybridized carbons (Fsp3) is 0.375. The summed E-state index contributed by atoms with van der Waals surface area (Å²) in [5.74, 6) is -3.24. The molecule has 0 radical (unpaired) electrons. The van der Waals surface area contributed by atoms with E-state index in [1.165, 1.54) is 0 Å². The molecular weight excluding hydrogens is 276 g/mol. The predicted octanol–water partition coefficient (Wildman–Crippen LogP) is 3.80. The monoisotopic (exact) mass is 279 g/mol. The second-order valence-electron chi connectivity index (χ2n) is 2.78. The Morgan fingerprint density at radius 2 is 1.94 bits per heavy atom. The zero-order chi connectivity index (χ0) is 13.2. The van der Waals surface area contributed by atoms with Crippen LogP contribution in [0.3, 0.4) is 0 Å². The summed E-state index contributed by atoms with van der Waals surface area (Å²) < 4.78 is 76.4. The Hall–Kier alpha value is -1.18. The number of halogens is 7. The molecule has 1 rings (SSSR count). The normalized spacial score (nSPS) is 12.0. The molecule has 96 valence electrons. The van der Waals surface area contributed by atoms with Crippen LogP contribution in [0.4, 0.5) is 26.3 Å². The molecule has 0 atom stereocenters. The van der Waals surface area contributed by atoms with Crippen LogP contribution >= 0.6 is 11.6 Å². The van der Waals surface area contributed by atoms with Gasteiger partial charge in [-0.25, -0.2) is 18.2 Å². The van der Waals surface area contributed by atoms with Gasteiger partial charge in [-0.1, -0.05) is 0 Å². The first-order valence-electron chi connectivity index (χ1n) is 4.03. The van der Waals surface area contributed by atoms with Gasteiger partial charge >= 0.3 is 6.36 Å². The summed E-state index contributed by atoms with van der Waals surface area (Å²) in [7, 11) is 0. The van der Waals surface area contributed by atoms with Crippen LogP contribution in [0.2, 0.25) is 0 Å². The third-order valence-corrected chi connectivity index (χ3v) is 1.85. The minimum atomic E-state index is -5.08. The lowest BCUT2D eigenvalue weighted by Crippen LogP contribution is -2.19. The molecule has 0 N–H and O–H groups in total. The van der Waals surface area contributed by atoms with Crippen LogP contribution in [-0.4, -0.2) is 11.3 Å². The standard InChI is InChI=1S/C8H4ClF6NO/c9-2-4-5(17-8(13,14)15)1-3(10)6(16-4)7(11)12/h1,7H,2H2. The smallest absolute Gasteiger partial charge is 0.404 e. The largest absolute Gasteiger partial charge is 0.573 e. The van der Waals surface area contributed by atoms with Crippen molar-refractivity contribution in [1.29, 1.82) is 0 Å². The summed E-state index contributed by atoms with van der Waals surface area (Å²) in [6, 6.07) is 0.180. The van der Waals surface area contributed by atoms with E-state index in [0.29, 0.717) is 0 Å². The van der Waals surface area contributed by atoms with Gasteiger partial charge in [0.15, 0.2) is 11.6 Å². The fourth-order valence-corrected chi connectivity index (χ4v) is 1.18. The molecule has 0 saturated heterocycles. The molecular formula is C8H4ClF6NO. The Kier molecular flexibility index (Phi) is 4.07. The maximum absolute atomic E-state index is 13.0. The van der Waals surface area contributed by atoms with E-state index in [4.69, 9.17) is 11.6 Å². The van der Waals surface area contributed by atoms with Gasteiger partial charge < -0.3 is 4.74 Å². The van der Waals surface area contributed by atoms with Gasteiger partial charge in [-0.3, -0.25) is 0 Å². The van der Waals surface area contributed by atoms with Crippen molar-refractivity contribution in [1.82, 2.24) is 4.98 Å². The zero-order valence-corrected chi connectivity index (χ0v) is 8.62. The third kappa shape index (κ3) is 3.65. The van der Waals surface area contributed by atoms with Crippen molar-refractivity contribution in [2.75, 3.05) is 0 Å². The minimum absolute atomic E-state index is 0.180. The number of pyridine rings is 1. The second-order valence-corrected chi connectivity index (χ2v) is 3.05. The summed E-state index contributed by atoms with van der Waals surface area (Å²) in [6.45, 7) is 0. The van der Waals surface area contributed by atoms with E-state index in [9.17, 15) is 26.3 Å². The molecule has 0 spiro atoms. The lowest BCUT2D eigenvalue weighted by Gasteiger charge is -2.12. The number of aromatic nitrogens is 1. The highest BCUT2D eigenvalue weighted by Crippen LogP contribution is 2.30. The number of hydrogen-bond acceptors (Lipinski definition) is 2. The van der Waals surface area contributed by atoms with E-state index in [1.54, 1.807) is 0 Å². The van der Waals surface area contributed by atoms with Crippen LogP contribution < -0.4 is 4.74 Å². The van der Waals surface area contributed by atoms with Crippen LogP contribution in [-0.2, 0) is 5.88 Å². The first-order valence-corrected chi connectivity index (χ1v) is 4.57. The Morgan fingerprint density at radius 3 is 2.35 bits per heavy atom. The molecule has 0 unspecified atom stereocenters. The summed E-state index contributed by atoms with van der Waals surface area (Å²) >= 11 is 5.21. The molecule has 17 heavy (non-hydrogen) atoms. The molecule has 0 aromatic carbocycles. The van der Waals surface area contributed by atoms with Gasteiger partial charge in [0, 0.05) is 6.07 Å². The molecule has 0 aliphatic heterocycles. The molecule has 0 bridgehead atoms. The van der Waals surface area contributed by atoms with Gasteiger partial charge in [-0.2, -0.15) is 0 Å². The van der Waals surface area contributed by atoms with Crippen LogP contribution in [0, 0.1) is 5.82 Å². The number of rotatable bonds is 3. The Balaban J connectivity index is 3.19. The molecule has 0 aliphatic carbocycles. The van der Waals surface area contributed by atoms with Crippen molar-refractivity contribution >= 4 is 11.6 Å². The first kappa shape index (κ1) is 13.9. The quantitative estimate of drug-likeness (QED) is 0.620. The van der Waals surface area contributed by atoms with Crippen LogP contribution in [0.25, 0.3) is 0 Å². The number of alkyl halides is 6. The lowest BCUT2D eigenvalue weighted by atomic mass is 10.3. The van der Waals surface area contributed by atoms with Gasteiger partial charge in [0.25, 0.3) is 6.43 Å². The topological polar surface area (TPSA) is 22.1 Å². The van der Waals surface area contributed by atoms with Crippen LogP contribution in [0.5, 0.6) is 5.75 Å². The minimum Gasteiger partial charge on any atom is -0.404 e. The highest BCUT2D eigenvalue weighted by atomic mass is 35.5. The van der Waals surface area contributed by atoms with Crippen molar-refractivity contribution in [3.63, 3.8) is 0 Å². The van der Waals surface area contributed by atoms with Crippen molar-refractivity contribution in [2.45, 2.75) is 18.7 Å². The Morgan fingerprint density at radius 1 is 1.35 bits per heavy atom. The zero-order valence-electron chi connectivity index (χ0n) is 7.86. The molecule has 0 aliphatic rings.